The maximum atomic E-state index is 12.3. The van der Waals surface area contributed by atoms with Crippen LogP contribution in [0.25, 0.3) is 0 Å². The number of carbonyl (C=O) groups is 1. The van der Waals surface area contributed by atoms with Gasteiger partial charge in [0.15, 0.2) is 9.84 Å². The molecule has 112 valence electrons. The van der Waals surface area contributed by atoms with Crippen LogP contribution >= 0.6 is 0 Å². The molecule has 3 N–H and O–H groups in total. The Labute approximate surface area is 120 Å². The minimum absolute atomic E-state index is 0.00608. The average molecular weight is 298 g/mol. The summed E-state index contributed by atoms with van der Waals surface area (Å²) in [6.07, 6.45) is 1.55. The minimum Gasteiger partial charge on any atom is -0.399 e. The highest BCUT2D eigenvalue weighted by molar-refractivity contribution is 7.92. The van der Waals surface area contributed by atoms with Crippen molar-refractivity contribution < 1.29 is 13.2 Å². The second-order valence-corrected chi connectivity index (χ2v) is 7.05. The molecule has 0 aliphatic rings. The number of benzene rings is 1. The standard InChI is InChI=1S/C14H22N2O3S/c1-4-12(5-2)16-14(17)10(3)20(18,19)13-8-6-11(15)7-9-13/h6-10,12H,4-5,15H2,1-3H3,(H,16,17). The van der Waals surface area contributed by atoms with Crippen molar-refractivity contribution in [3.63, 3.8) is 0 Å². The first-order valence-corrected chi connectivity index (χ1v) is 8.27. The van der Waals surface area contributed by atoms with Crippen LogP contribution in [0.3, 0.4) is 0 Å². The highest BCUT2D eigenvalue weighted by Crippen LogP contribution is 2.18. The highest BCUT2D eigenvalue weighted by Gasteiger charge is 2.30. The first-order valence-electron chi connectivity index (χ1n) is 6.72. The smallest absolute Gasteiger partial charge is 0.238 e. The van der Waals surface area contributed by atoms with Gasteiger partial charge in [0.25, 0.3) is 0 Å². The third-order valence-corrected chi connectivity index (χ3v) is 5.45. The number of nitrogen functional groups attached to an aromatic ring is 1. The summed E-state index contributed by atoms with van der Waals surface area (Å²) in [5, 5.41) is 1.64. The Bertz CT molecular complexity index is 548. The lowest BCUT2D eigenvalue weighted by molar-refractivity contribution is -0.121. The maximum absolute atomic E-state index is 12.3. The fourth-order valence-electron chi connectivity index (χ4n) is 1.81. The lowest BCUT2D eigenvalue weighted by atomic mass is 10.2. The van der Waals surface area contributed by atoms with Gasteiger partial charge in [0.05, 0.1) is 4.90 Å². The molecule has 0 aromatic heterocycles. The first kappa shape index (κ1) is 16.5. The van der Waals surface area contributed by atoms with Crippen LogP contribution in [0.5, 0.6) is 0 Å². The number of carbonyl (C=O) groups excluding carboxylic acids is 1. The van der Waals surface area contributed by atoms with Gasteiger partial charge in [-0.3, -0.25) is 4.79 Å². The predicted molar refractivity (Wildman–Crippen MR) is 80.0 cm³/mol. The molecule has 1 aromatic rings. The molecule has 1 aromatic carbocycles. The summed E-state index contributed by atoms with van der Waals surface area (Å²) in [5.74, 6) is -0.462. The van der Waals surface area contributed by atoms with E-state index in [0.29, 0.717) is 5.69 Å². The molecule has 0 heterocycles. The van der Waals surface area contributed by atoms with Gasteiger partial charge in [-0.25, -0.2) is 8.42 Å². The van der Waals surface area contributed by atoms with Crippen LogP contribution in [0.4, 0.5) is 5.69 Å². The molecule has 5 nitrogen and oxygen atoms in total. The molecular weight excluding hydrogens is 276 g/mol. The summed E-state index contributed by atoms with van der Waals surface area (Å²) in [6, 6.07) is 5.88. The number of nitrogens with one attached hydrogen (secondary N) is 1. The lowest BCUT2D eigenvalue weighted by Gasteiger charge is -2.18. The maximum Gasteiger partial charge on any atom is 0.238 e. The van der Waals surface area contributed by atoms with E-state index in [1.54, 1.807) is 0 Å². The molecule has 0 radical (unpaired) electrons. The van der Waals surface area contributed by atoms with Crippen molar-refractivity contribution in [3.8, 4) is 0 Å². The van der Waals surface area contributed by atoms with Crippen molar-refractivity contribution in [1.82, 2.24) is 5.32 Å². The normalized spacial score (nSPS) is 13.2. The minimum atomic E-state index is -3.68. The topological polar surface area (TPSA) is 89.3 Å². The fourth-order valence-corrected chi connectivity index (χ4v) is 3.09. The van der Waals surface area contributed by atoms with Gasteiger partial charge in [0, 0.05) is 11.7 Å². The van der Waals surface area contributed by atoms with Gasteiger partial charge >= 0.3 is 0 Å². The van der Waals surface area contributed by atoms with E-state index in [-0.39, 0.29) is 10.9 Å². The number of sulfone groups is 1. The highest BCUT2D eigenvalue weighted by atomic mass is 32.2. The SMILES string of the molecule is CCC(CC)NC(=O)C(C)S(=O)(=O)c1ccc(N)cc1. The molecule has 0 saturated carbocycles. The van der Waals surface area contributed by atoms with Crippen LogP contribution in [0.15, 0.2) is 29.2 Å². The molecule has 6 heteroatoms. The Morgan fingerprint density at radius 1 is 1.20 bits per heavy atom. The molecule has 0 aliphatic carbocycles. The number of hydrogen-bond donors (Lipinski definition) is 2. The Morgan fingerprint density at radius 3 is 2.15 bits per heavy atom. The number of hydrogen-bond acceptors (Lipinski definition) is 4. The van der Waals surface area contributed by atoms with Crippen molar-refractivity contribution in [2.45, 2.75) is 49.8 Å². The quantitative estimate of drug-likeness (QED) is 0.783. The number of nitrogens with two attached hydrogens (primary N) is 1. The predicted octanol–water partition coefficient (Wildman–Crippen LogP) is 1.74. The summed E-state index contributed by atoms with van der Waals surface area (Å²) in [7, 11) is -3.68. The van der Waals surface area contributed by atoms with E-state index >= 15 is 0 Å². The Hall–Kier alpha value is -1.56. The fraction of sp³-hybridized carbons (Fsp3) is 0.500. The van der Waals surface area contributed by atoms with Gasteiger partial charge in [0.1, 0.15) is 5.25 Å². The molecule has 0 aliphatic heterocycles. The third kappa shape index (κ3) is 3.72. The van der Waals surface area contributed by atoms with E-state index in [4.69, 9.17) is 5.73 Å². The van der Waals surface area contributed by atoms with Gasteiger partial charge < -0.3 is 11.1 Å². The Balaban J connectivity index is 2.92. The number of amides is 1. The van der Waals surface area contributed by atoms with Gasteiger partial charge in [0.2, 0.25) is 5.91 Å². The zero-order valence-electron chi connectivity index (χ0n) is 12.1. The summed E-state index contributed by atoms with van der Waals surface area (Å²) >= 11 is 0. The molecular formula is C14H22N2O3S. The van der Waals surface area contributed by atoms with Gasteiger partial charge in [-0.15, -0.1) is 0 Å². The lowest BCUT2D eigenvalue weighted by Crippen LogP contribution is -2.42. The van der Waals surface area contributed by atoms with Crippen LogP contribution in [0.1, 0.15) is 33.6 Å². The molecule has 1 unspecified atom stereocenters. The molecule has 20 heavy (non-hydrogen) atoms. The van der Waals surface area contributed by atoms with E-state index in [1.807, 2.05) is 13.8 Å². The van der Waals surface area contributed by atoms with Crippen LogP contribution < -0.4 is 11.1 Å². The Morgan fingerprint density at radius 2 is 1.70 bits per heavy atom. The number of rotatable bonds is 6. The molecule has 0 fully saturated rings. The van der Waals surface area contributed by atoms with Crippen molar-refractivity contribution in [2.75, 3.05) is 5.73 Å². The number of anilines is 1. The summed E-state index contributed by atoms with van der Waals surface area (Å²) in [6.45, 7) is 5.31. The van der Waals surface area contributed by atoms with E-state index < -0.39 is 21.0 Å². The molecule has 1 amide bonds. The molecule has 1 rings (SSSR count). The molecule has 1 atom stereocenters. The van der Waals surface area contributed by atoms with Gasteiger partial charge in [-0.05, 0) is 44.0 Å². The second-order valence-electron chi connectivity index (χ2n) is 4.78. The summed E-state index contributed by atoms with van der Waals surface area (Å²) < 4.78 is 24.7. The van der Waals surface area contributed by atoms with Crippen LogP contribution in [-0.2, 0) is 14.6 Å². The van der Waals surface area contributed by atoms with E-state index in [9.17, 15) is 13.2 Å². The first-order chi connectivity index (χ1) is 9.32. The van der Waals surface area contributed by atoms with Gasteiger partial charge in [-0.1, -0.05) is 13.8 Å². The van der Waals surface area contributed by atoms with E-state index in [0.717, 1.165) is 12.8 Å². The zero-order valence-corrected chi connectivity index (χ0v) is 12.9. The van der Waals surface area contributed by atoms with E-state index in [2.05, 4.69) is 5.32 Å². The second kappa shape index (κ2) is 6.74. The van der Waals surface area contributed by atoms with Crippen molar-refractivity contribution in [2.24, 2.45) is 0 Å². The molecule has 0 saturated heterocycles. The van der Waals surface area contributed by atoms with Crippen LogP contribution in [0, 0.1) is 0 Å². The largest absolute Gasteiger partial charge is 0.399 e. The van der Waals surface area contributed by atoms with Crippen LogP contribution in [-0.4, -0.2) is 25.6 Å². The third-order valence-electron chi connectivity index (χ3n) is 3.38. The molecule has 0 spiro atoms. The van der Waals surface area contributed by atoms with Crippen molar-refractivity contribution in [1.29, 1.82) is 0 Å². The zero-order chi connectivity index (χ0) is 15.3. The van der Waals surface area contributed by atoms with E-state index in [1.165, 1.54) is 31.2 Å². The van der Waals surface area contributed by atoms with Crippen molar-refractivity contribution >= 4 is 21.4 Å². The summed E-state index contributed by atoms with van der Waals surface area (Å²) in [4.78, 5) is 12.2. The Kier molecular flexibility index (Phi) is 5.56. The average Bonchev–Trinajstić information content (AvgIpc) is 2.44. The molecule has 0 bridgehead atoms. The monoisotopic (exact) mass is 298 g/mol. The summed E-state index contributed by atoms with van der Waals surface area (Å²) in [5.41, 5.74) is 6.02. The van der Waals surface area contributed by atoms with Crippen LogP contribution in [0.2, 0.25) is 0 Å². The van der Waals surface area contributed by atoms with Gasteiger partial charge in [-0.2, -0.15) is 0 Å². The van der Waals surface area contributed by atoms with Crippen molar-refractivity contribution in [3.05, 3.63) is 24.3 Å².